The molecule has 1 rings (SSSR count). The summed E-state index contributed by atoms with van der Waals surface area (Å²) in [7, 11) is 0. The summed E-state index contributed by atoms with van der Waals surface area (Å²) in [6.07, 6.45) is 3.18. The maximum Gasteiger partial charge on any atom is 0.179 e. The average Bonchev–Trinajstić information content (AvgIpc) is 2.48. The Hall–Kier alpha value is -2.04. The summed E-state index contributed by atoms with van der Waals surface area (Å²) in [6, 6.07) is 0. The maximum absolute atomic E-state index is 7.32. The van der Waals surface area contributed by atoms with E-state index in [-0.39, 0.29) is 11.7 Å². The standard InChI is InChI=1S/C9H12N4O/c1-3-5(8(10)11)7-6(4-2)9(12)13-14-7/h3-4H,2H2,1H3,(H3,10,11)(H2,12,13)/b5-3+. The van der Waals surface area contributed by atoms with Gasteiger partial charge in [-0.15, -0.1) is 0 Å². The summed E-state index contributed by atoms with van der Waals surface area (Å²) in [5, 5.41) is 10.9. The number of amidine groups is 1. The van der Waals surface area contributed by atoms with Crippen molar-refractivity contribution < 1.29 is 4.52 Å². The number of anilines is 1. The number of hydrogen-bond donors (Lipinski definition) is 3. The lowest BCUT2D eigenvalue weighted by molar-refractivity contribution is 0.414. The molecule has 5 N–H and O–H groups in total. The van der Waals surface area contributed by atoms with E-state index >= 15 is 0 Å². The normalized spacial score (nSPS) is 11.4. The van der Waals surface area contributed by atoms with Gasteiger partial charge in [-0.2, -0.15) is 0 Å². The van der Waals surface area contributed by atoms with Gasteiger partial charge < -0.3 is 16.0 Å². The molecule has 1 aromatic rings. The first-order valence-corrected chi connectivity index (χ1v) is 4.00. The number of nitrogens with zero attached hydrogens (tertiary/aromatic N) is 1. The smallest absolute Gasteiger partial charge is 0.179 e. The van der Waals surface area contributed by atoms with Crippen molar-refractivity contribution in [2.75, 3.05) is 5.73 Å². The van der Waals surface area contributed by atoms with Crippen LogP contribution >= 0.6 is 0 Å². The predicted molar refractivity (Wildman–Crippen MR) is 56.6 cm³/mol. The first-order chi connectivity index (χ1) is 6.61. The SMILES string of the molecule is C=Cc1c(N)noc1/C(=C\C)C(=N)N. The molecule has 0 spiro atoms. The Balaban J connectivity index is 3.31. The highest BCUT2D eigenvalue weighted by Gasteiger charge is 2.16. The summed E-state index contributed by atoms with van der Waals surface area (Å²) in [5.74, 6) is 0.537. The number of nitrogen functional groups attached to an aromatic ring is 1. The molecule has 0 aliphatic heterocycles. The van der Waals surface area contributed by atoms with E-state index in [0.717, 1.165) is 0 Å². The summed E-state index contributed by atoms with van der Waals surface area (Å²) < 4.78 is 4.97. The Labute approximate surface area is 81.6 Å². The zero-order valence-electron chi connectivity index (χ0n) is 7.87. The largest absolute Gasteiger partial charge is 0.384 e. The number of nitrogens with one attached hydrogen (secondary N) is 1. The Kier molecular flexibility index (Phi) is 2.71. The number of allylic oxidation sites excluding steroid dienone is 1. The number of nitrogens with two attached hydrogens (primary N) is 2. The van der Waals surface area contributed by atoms with Gasteiger partial charge in [0.2, 0.25) is 0 Å². The Morgan fingerprint density at radius 1 is 1.64 bits per heavy atom. The molecule has 5 heteroatoms. The third kappa shape index (κ3) is 1.52. The molecule has 74 valence electrons. The van der Waals surface area contributed by atoms with Crippen molar-refractivity contribution in [1.29, 1.82) is 5.41 Å². The minimum Gasteiger partial charge on any atom is -0.384 e. The quantitative estimate of drug-likeness (QED) is 0.495. The molecule has 0 aromatic carbocycles. The van der Waals surface area contributed by atoms with Crippen LogP contribution in [-0.4, -0.2) is 11.0 Å². The van der Waals surface area contributed by atoms with Gasteiger partial charge in [-0.3, -0.25) is 5.41 Å². The van der Waals surface area contributed by atoms with Crippen molar-refractivity contribution >= 4 is 23.3 Å². The zero-order valence-corrected chi connectivity index (χ0v) is 7.87. The topological polar surface area (TPSA) is 102 Å². The molecular formula is C9H12N4O. The fourth-order valence-electron chi connectivity index (χ4n) is 1.11. The van der Waals surface area contributed by atoms with Gasteiger partial charge in [-0.25, -0.2) is 0 Å². The molecule has 0 saturated carbocycles. The minimum absolute atomic E-state index is 0.0910. The van der Waals surface area contributed by atoms with Crippen molar-refractivity contribution in [2.24, 2.45) is 5.73 Å². The molecule has 14 heavy (non-hydrogen) atoms. The Morgan fingerprint density at radius 3 is 2.71 bits per heavy atom. The molecule has 5 nitrogen and oxygen atoms in total. The van der Waals surface area contributed by atoms with Gasteiger partial charge in [-0.1, -0.05) is 23.9 Å². The summed E-state index contributed by atoms with van der Waals surface area (Å²) in [4.78, 5) is 0. The second-order valence-electron chi connectivity index (χ2n) is 2.63. The van der Waals surface area contributed by atoms with Crippen LogP contribution < -0.4 is 11.5 Å². The van der Waals surface area contributed by atoms with E-state index in [1.807, 2.05) is 0 Å². The van der Waals surface area contributed by atoms with Crippen molar-refractivity contribution in [1.82, 2.24) is 5.16 Å². The second kappa shape index (κ2) is 3.78. The van der Waals surface area contributed by atoms with Crippen LogP contribution in [-0.2, 0) is 0 Å². The van der Waals surface area contributed by atoms with Gasteiger partial charge in [0, 0.05) is 0 Å². The third-order valence-corrected chi connectivity index (χ3v) is 1.78. The molecule has 1 heterocycles. The van der Waals surface area contributed by atoms with Gasteiger partial charge in [-0.05, 0) is 6.92 Å². The molecule has 0 fully saturated rings. The highest BCUT2D eigenvalue weighted by atomic mass is 16.5. The third-order valence-electron chi connectivity index (χ3n) is 1.78. The number of aromatic nitrogens is 1. The predicted octanol–water partition coefficient (Wildman–Crippen LogP) is 1.24. The fourth-order valence-corrected chi connectivity index (χ4v) is 1.11. The van der Waals surface area contributed by atoms with Crippen molar-refractivity contribution in [3.63, 3.8) is 0 Å². The molecule has 1 aromatic heterocycles. The van der Waals surface area contributed by atoms with E-state index in [4.69, 9.17) is 21.4 Å². The van der Waals surface area contributed by atoms with Gasteiger partial charge >= 0.3 is 0 Å². The van der Waals surface area contributed by atoms with E-state index in [9.17, 15) is 0 Å². The molecule has 0 amide bonds. The van der Waals surface area contributed by atoms with Crippen LogP contribution in [0.3, 0.4) is 0 Å². The summed E-state index contributed by atoms with van der Waals surface area (Å²) in [6.45, 7) is 5.33. The molecule has 0 aliphatic rings. The minimum atomic E-state index is -0.0910. The summed E-state index contributed by atoms with van der Waals surface area (Å²) in [5.41, 5.74) is 11.9. The van der Waals surface area contributed by atoms with E-state index in [2.05, 4.69) is 11.7 Å². The van der Waals surface area contributed by atoms with Crippen LogP contribution in [0.5, 0.6) is 0 Å². The Morgan fingerprint density at radius 2 is 2.29 bits per heavy atom. The lowest BCUT2D eigenvalue weighted by Gasteiger charge is -2.00. The number of rotatable bonds is 3. The van der Waals surface area contributed by atoms with Crippen LogP contribution in [0.25, 0.3) is 11.6 Å². The molecule has 0 saturated heterocycles. The van der Waals surface area contributed by atoms with Gasteiger partial charge in [0.1, 0.15) is 5.84 Å². The Bertz CT molecular complexity index is 403. The number of hydrogen-bond acceptors (Lipinski definition) is 4. The fraction of sp³-hybridized carbons (Fsp3) is 0.111. The molecule has 0 bridgehead atoms. The second-order valence-corrected chi connectivity index (χ2v) is 2.63. The van der Waals surface area contributed by atoms with Crippen LogP contribution in [0.1, 0.15) is 18.2 Å². The first kappa shape index (κ1) is 10.0. The van der Waals surface area contributed by atoms with E-state index in [1.165, 1.54) is 6.08 Å². The van der Waals surface area contributed by atoms with Crippen molar-refractivity contribution in [3.05, 3.63) is 24.0 Å². The van der Waals surface area contributed by atoms with Crippen LogP contribution in [0.15, 0.2) is 17.2 Å². The van der Waals surface area contributed by atoms with Gasteiger partial charge in [0.25, 0.3) is 0 Å². The first-order valence-electron chi connectivity index (χ1n) is 4.00. The van der Waals surface area contributed by atoms with Crippen molar-refractivity contribution in [3.8, 4) is 0 Å². The summed E-state index contributed by atoms with van der Waals surface area (Å²) >= 11 is 0. The molecule has 0 unspecified atom stereocenters. The van der Waals surface area contributed by atoms with E-state index < -0.39 is 0 Å². The molecule has 0 atom stereocenters. The monoisotopic (exact) mass is 192 g/mol. The lowest BCUT2D eigenvalue weighted by Crippen LogP contribution is -2.12. The molecular weight excluding hydrogens is 180 g/mol. The van der Waals surface area contributed by atoms with E-state index in [1.54, 1.807) is 13.0 Å². The van der Waals surface area contributed by atoms with Gasteiger partial charge in [0.05, 0.1) is 11.1 Å². The molecule has 0 radical (unpaired) electrons. The van der Waals surface area contributed by atoms with Crippen LogP contribution in [0.4, 0.5) is 5.82 Å². The highest BCUT2D eigenvalue weighted by molar-refractivity contribution is 6.20. The van der Waals surface area contributed by atoms with Crippen molar-refractivity contribution in [2.45, 2.75) is 6.92 Å². The van der Waals surface area contributed by atoms with Crippen LogP contribution in [0, 0.1) is 5.41 Å². The van der Waals surface area contributed by atoms with Crippen LogP contribution in [0.2, 0.25) is 0 Å². The van der Waals surface area contributed by atoms with Gasteiger partial charge in [0.15, 0.2) is 11.6 Å². The zero-order chi connectivity index (χ0) is 10.7. The molecule has 0 aliphatic carbocycles. The average molecular weight is 192 g/mol. The van der Waals surface area contributed by atoms with E-state index in [0.29, 0.717) is 16.9 Å². The maximum atomic E-state index is 7.32. The highest BCUT2D eigenvalue weighted by Crippen LogP contribution is 2.24. The lowest BCUT2D eigenvalue weighted by atomic mass is 10.1.